The first-order chi connectivity index (χ1) is 12.9. The highest BCUT2D eigenvalue weighted by molar-refractivity contribution is 7.89. The number of sulfonamides is 1. The van der Waals surface area contributed by atoms with Crippen LogP contribution < -0.4 is 4.90 Å². The van der Waals surface area contributed by atoms with Crippen molar-refractivity contribution in [3.8, 4) is 0 Å². The van der Waals surface area contributed by atoms with Crippen LogP contribution in [-0.4, -0.2) is 56.5 Å². The number of methoxy groups -OCH3 is 1. The molecule has 27 heavy (non-hydrogen) atoms. The molecule has 2 heterocycles. The maximum Gasteiger partial charge on any atom is 0.354 e. The maximum atomic E-state index is 13.1. The molecule has 1 N–H and O–H groups in total. The van der Waals surface area contributed by atoms with Gasteiger partial charge in [-0.25, -0.2) is 13.2 Å². The molecule has 1 saturated heterocycles. The number of rotatable bonds is 5. The van der Waals surface area contributed by atoms with Crippen molar-refractivity contribution in [1.29, 1.82) is 0 Å². The number of quaternary nitrogens is 1. The van der Waals surface area contributed by atoms with Crippen molar-refractivity contribution in [1.82, 2.24) is 8.87 Å². The maximum absolute atomic E-state index is 13.1. The van der Waals surface area contributed by atoms with Gasteiger partial charge in [0.05, 0.1) is 26.7 Å². The second kappa shape index (κ2) is 8.24. The van der Waals surface area contributed by atoms with Crippen molar-refractivity contribution in [3.63, 3.8) is 0 Å². The zero-order valence-electron chi connectivity index (χ0n) is 15.7. The lowest BCUT2D eigenvalue weighted by molar-refractivity contribution is -0.911. The molecule has 0 bridgehead atoms. The highest BCUT2D eigenvalue weighted by Gasteiger charge is 2.31. The molecule has 2 aromatic rings. The third-order valence-corrected chi connectivity index (χ3v) is 7.01. The molecule has 8 heteroatoms. The summed E-state index contributed by atoms with van der Waals surface area (Å²) in [6.07, 6.45) is 0.801. The Bertz CT molecular complexity index is 893. The number of aromatic nitrogens is 1. The van der Waals surface area contributed by atoms with Gasteiger partial charge < -0.3 is 14.2 Å². The molecule has 1 aromatic heterocycles. The first-order valence-electron chi connectivity index (χ1n) is 9.05. The summed E-state index contributed by atoms with van der Waals surface area (Å²) in [7, 11) is -0.805. The molecule has 0 amide bonds. The van der Waals surface area contributed by atoms with E-state index in [-0.39, 0.29) is 10.7 Å². The number of esters is 1. The topological polar surface area (TPSA) is 73.1 Å². The first-order valence-corrected chi connectivity index (χ1v) is 10.5. The van der Waals surface area contributed by atoms with Crippen LogP contribution in [0.3, 0.4) is 0 Å². The van der Waals surface area contributed by atoms with Crippen LogP contribution in [0.4, 0.5) is 0 Å². The third-order valence-electron chi connectivity index (χ3n) is 5.02. The monoisotopic (exact) mass is 392 g/mol. The van der Waals surface area contributed by atoms with Gasteiger partial charge in [-0.15, -0.1) is 0 Å². The molecule has 1 atom stereocenters. The number of ether oxygens (including phenoxy) is 1. The van der Waals surface area contributed by atoms with Crippen molar-refractivity contribution in [2.24, 2.45) is 7.05 Å². The van der Waals surface area contributed by atoms with Gasteiger partial charge in [-0.05, 0) is 12.1 Å². The quantitative estimate of drug-likeness (QED) is 0.743. The number of nitrogens with one attached hydrogen (secondary N) is 1. The predicted molar refractivity (Wildman–Crippen MR) is 101 cm³/mol. The Morgan fingerprint density at radius 1 is 1.11 bits per heavy atom. The van der Waals surface area contributed by atoms with Crippen molar-refractivity contribution in [2.45, 2.75) is 18.0 Å². The fraction of sp³-hybridized carbons (Fsp3) is 0.421. The summed E-state index contributed by atoms with van der Waals surface area (Å²) >= 11 is 0. The molecule has 1 aliphatic rings. The van der Waals surface area contributed by atoms with E-state index in [1.54, 1.807) is 7.05 Å². The molecule has 0 radical (unpaired) electrons. The van der Waals surface area contributed by atoms with E-state index in [0.717, 1.165) is 26.1 Å². The molecule has 146 valence electrons. The third kappa shape index (κ3) is 4.23. The molecule has 0 aliphatic carbocycles. The van der Waals surface area contributed by atoms with Gasteiger partial charge in [0.25, 0.3) is 10.0 Å². The number of hydrogen-bond donors (Lipinski definition) is 1. The van der Waals surface area contributed by atoms with E-state index in [1.165, 1.54) is 38.6 Å². The molecule has 0 saturated carbocycles. The Morgan fingerprint density at radius 3 is 2.56 bits per heavy atom. The minimum Gasteiger partial charge on any atom is -0.464 e. The predicted octanol–water partition coefficient (Wildman–Crippen LogP) is 0.291. The molecular formula is C19H26N3O4S+. The fourth-order valence-corrected chi connectivity index (χ4v) is 5.17. The lowest BCUT2D eigenvalue weighted by Crippen LogP contribution is -3.11. The molecule has 1 aromatic carbocycles. The SMILES string of the molecule is COC(=O)c1ccc(S(=O)(=O)N2CCC[NH+](Cc3ccccc3)CC2)n1C. The van der Waals surface area contributed by atoms with Gasteiger partial charge in [-0.2, -0.15) is 4.31 Å². The normalized spacial score (nSPS) is 18.8. The van der Waals surface area contributed by atoms with Gasteiger partial charge in [0.2, 0.25) is 0 Å². The second-order valence-corrected chi connectivity index (χ2v) is 8.66. The van der Waals surface area contributed by atoms with Crippen LogP contribution in [0.1, 0.15) is 22.5 Å². The van der Waals surface area contributed by atoms with E-state index in [9.17, 15) is 13.2 Å². The molecule has 1 fully saturated rings. The number of carbonyl (C=O) groups excluding carboxylic acids is 1. The van der Waals surface area contributed by atoms with Gasteiger partial charge in [0, 0.05) is 25.6 Å². The lowest BCUT2D eigenvalue weighted by Gasteiger charge is -2.20. The van der Waals surface area contributed by atoms with Gasteiger partial charge in [0.15, 0.2) is 5.03 Å². The Morgan fingerprint density at radius 2 is 1.85 bits per heavy atom. The van der Waals surface area contributed by atoms with E-state index in [4.69, 9.17) is 4.74 Å². The summed E-state index contributed by atoms with van der Waals surface area (Å²) in [6, 6.07) is 13.2. The van der Waals surface area contributed by atoms with Crippen molar-refractivity contribution in [3.05, 3.63) is 53.7 Å². The summed E-state index contributed by atoms with van der Waals surface area (Å²) in [5.74, 6) is -0.548. The highest BCUT2D eigenvalue weighted by atomic mass is 32.2. The Balaban J connectivity index is 1.73. The van der Waals surface area contributed by atoms with E-state index < -0.39 is 16.0 Å². The Labute approximate surface area is 160 Å². The number of nitrogens with zero attached hydrogens (tertiary/aromatic N) is 2. The van der Waals surface area contributed by atoms with Crippen LogP contribution in [0.5, 0.6) is 0 Å². The van der Waals surface area contributed by atoms with Gasteiger partial charge in [-0.1, -0.05) is 30.3 Å². The average Bonchev–Trinajstić information content (AvgIpc) is 2.90. The number of carbonyl (C=O) groups is 1. The van der Waals surface area contributed by atoms with Crippen LogP contribution >= 0.6 is 0 Å². The van der Waals surface area contributed by atoms with Crippen LogP contribution in [0, 0.1) is 0 Å². The summed E-state index contributed by atoms with van der Waals surface area (Å²) in [4.78, 5) is 13.1. The first kappa shape index (κ1) is 19.6. The van der Waals surface area contributed by atoms with Gasteiger partial charge in [0.1, 0.15) is 12.2 Å². The summed E-state index contributed by atoms with van der Waals surface area (Å²) in [5, 5.41) is 0.120. The minimum absolute atomic E-state index is 0.120. The average molecular weight is 393 g/mol. The zero-order valence-corrected chi connectivity index (χ0v) is 16.5. The Kier molecular flexibility index (Phi) is 5.98. The molecular weight excluding hydrogens is 366 g/mol. The van der Waals surface area contributed by atoms with Crippen molar-refractivity contribution >= 4 is 16.0 Å². The summed E-state index contributed by atoms with van der Waals surface area (Å²) in [6.45, 7) is 3.53. The van der Waals surface area contributed by atoms with Gasteiger partial charge >= 0.3 is 5.97 Å². The standard InChI is InChI=1S/C19H25N3O4S/c1-20-17(19(23)26-2)9-10-18(20)27(24,25)22-12-6-11-21(13-14-22)15-16-7-4-3-5-8-16/h3-5,7-10H,6,11-15H2,1-2H3/p+1. The highest BCUT2D eigenvalue weighted by Crippen LogP contribution is 2.19. The van der Waals surface area contributed by atoms with E-state index in [1.807, 2.05) is 18.2 Å². The molecule has 0 spiro atoms. The van der Waals surface area contributed by atoms with Crippen molar-refractivity contribution in [2.75, 3.05) is 33.3 Å². The van der Waals surface area contributed by atoms with E-state index in [2.05, 4.69) is 12.1 Å². The van der Waals surface area contributed by atoms with Crippen LogP contribution in [-0.2, 0) is 28.4 Å². The summed E-state index contributed by atoms with van der Waals surface area (Å²) < 4.78 is 33.8. The molecule has 7 nitrogen and oxygen atoms in total. The molecule has 1 aliphatic heterocycles. The molecule has 1 unspecified atom stereocenters. The summed E-state index contributed by atoms with van der Waals surface area (Å²) in [5.41, 5.74) is 1.48. The lowest BCUT2D eigenvalue weighted by atomic mass is 10.2. The number of benzene rings is 1. The zero-order chi connectivity index (χ0) is 19.4. The molecule has 3 rings (SSSR count). The smallest absolute Gasteiger partial charge is 0.354 e. The van der Waals surface area contributed by atoms with Gasteiger partial charge in [-0.3, -0.25) is 0 Å². The number of hydrogen-bond acceptors (Lipinski definition) is 4. The van der Waals surface area contributed by atoms with E-state index >= 15 is 0 Å². The fourth-order valence-electron chi connectivity index (χ4n) is 3.52. The van der Waals surface area contributed by atoms with Crippen LogP contribution in [0.25, 0.3) is 0 Å². The van der Waals surface area contributed by atoms with Crippen LogP contribution in [0.2, 0.25) is 0 Å². The van der Waals surface area contributed by atoms with Crippen molar-refractivity contribution < 1.29 is 22.8 Å². The largest absolute Gasteiger partial charge is 0.464 e. The second-order valence-electron chi connectivity index (χ2n) is 6.78. The van der Waals surface area contributed by atoms with Crippen LogP contribution in [0.15, 0.2) is 47.5 Å². The Hall–Kier alpha value is -2.16. The minimum atomic E-state index is -3.66. The van der Waals surface area contributed by atoms with E-state index in [0.29, 0.717) is 13.1 Å².